The first-order chi connectivity index (χ1) is 13.1. The van der Waals surface area contributed by atoms with E-state index in [1.807, 2.05) is 44.2 Å². The van der Waals surface area contributed by atoms with Crippen molar-refractivity contribution >= 4 is 28.5 Å². The molecule has 0 aliphatic heterocycles. The number of fused-ring (bicyclic) bond motifs is 5. The van der Waals surface area contributed by atoms with E-state index < -0.39 is 0 Å². The fourth-order valence-corrected chi connectivity index (χ4v) is 3.50. The van der Waals surface area contributed by atoms with Gasteiger partial charge in [0.05, 0.1) is 22.4 Å². The van der Waals surface area contributed by atoms with Crippen LogP contribution in [0.4, 0.5) is 0 Å². The van der Waals surface area contributed by atoms with E-state index in [1.54, 1.807) is 0 Å². The molecule has 0 bridgehead atoms. The Morgan fingerprint density at radius 3 is 2.37 bits per heavy atom. The number of rotatable bonds is 1. The van der Waals surface area contributed by atoms with Crippen molar-refractivity contribution in [3.8, 4) is 11.4 Å². The van der Waals surface area contributed by atoms with Gasteiger partial charge in [0.25, 0.3) is 0 Å². The molecule has 0 radical (unpaired) electrons. The van der Waals surface area contributed by atoms with E-state index in [9.17, 15) is 0 Å². The zero-order valence-corrected chi connectivity index (χ0v) is 15.2. The first-order valence-corrected chi connectivity index (χ1v) is 9.14. The summed E-state index contributed by atoms with van der Waals surface area (Å²) >= 11 is 0. The molecule has 0 saturated heterocycles. The lowest BCUT2D eigenvalue weighted by Gasteiger charge is -2.22. The Hall–Kier alpha value is -3.28. The second kappa shape index (κ2) is 5.87. The van der Waals surface area contributed by atoms with Gasteiger partial charge < -0.3 is 0 Å². The van der Waals surface area contributed by atoms with Crippen molar-refractivity contribution in [3.05, 3.63) is 53.1 Å². The molecule has 1 aromatic carbocycles. The van der Waals surface area contributed by atoms with Crippen LogP contribution in [0.3, 0.4) is 0 Å². The second-order valence-electron chi connectivity index (χ2n) is 7.05. The summed E-state index contributed by atoms with van der Waals surface area (Å²) < 4.78 is 0. The van der Waals surface area contributed by atoms with Crippen LogP contribution >= 0.6 is 0 Å². The molecule has 0 unspecified atom stereocenters. The zero-order chi connectivity index (χ0) is 18.5. The summed E-state index contributed by atoms with van der Waals surface area (Å²) in [6.45, 7) is 3.99. The smallest absolute Gasteiger partial charge is 0.120 e. The molecule has 3 aromatic rings. The Morgan fingerprint density at radius 1 is 0.926 bits per heavy atom. The number of nitrogens with zero attached hydrogens (tertiary/aromatic N) is 5. The molecule has 0 saturated carbocycles. The summed E-state index contributed by atoms with van der Waals surface area (Å²) in [6, 6.07) is 7.74. The third kappa shape index (κ3) is 2.48. The first kappa shape index (κ1) is 15.9. The van der Waals surface area contributed by atoms with Gasteiger partial charge in [0.1, 0.15) is 34.2 Å². The molecular formula is C21H18N6. The minimum absolute atomic E-state index is 0.0425. The summed E-state index contributed by atoms with van der Waals surface area (Å²) in [7, 11) is 0. The van der Waals surface area contributed by atoms with Crippen molar-refractivity contribution in [1.29, 1.82) is 5.41 Å². The van der Waals surface area contributed by atoms with Gasteiger partial charge in [0.2, 0.25) is 0 Å². The van der Waals surface area contributed by atoms with Crippen molar-refractivity contribution in [1.82, 2.24) is 19.9 Å². The molecule has 132 valence electrons. The van der Waals surface area contributed by atoms with Gasteiger partial charge in [-0.1, -0.05) is 18.2 Å². The Balaban J connectivity index is 1.86. The molecular weight excluding hydrogens is 336 g/mol. The molecule has 0 spiro atoms. The number of aromatic nitrogens is 4. The number of aryl methyl sites for hydroxylation is 1. The van der Waals surface area contributed by atoms with Gasteiger partial charge in [-0.2, -0.15) is 0 Å². The summed E-state index contributed by atoms with van der Waals surface area (Å²) in [4.78, 5) is 23.9. The summed E-state index contributed by atoms with van der Waals surface area (Å²) in [6.07, 6.45) is 5.93. The largest absolute Gasteiger partial charge is 0.296 e. The maximum atomic E-state index is 8.75. The fourth-order valence-electron chi connectivity index (χ4n) is 3.50. The van der Waals surface area contributed by atoms with E-state index in [4.69, 9.17) is 30.3 Å². The summed E-state index contributed by atoms with van der Waals surface area (Å²) in [5.41, 5.74) is 6.67. The van der Waals surface area contributed by atoms with E-state index in [-0.39, 0.29) is 11.8 Å². The number of allylic oxidation sites excluding steroid dienone is 1. The molecule has 2 aromatic heterocycles. The van der Waals surface area contributed by atoms with E-state index in [0.717, 1.165) is 35.3 Å². The first-order valence-electron chi connectivity index (χ1n) is 9.14. The quantitative estimate of drug-likeness (QED) is 0.723. The topological polar surface area (TPSA) is 87.8 Å². The highest BCUT2D eigenvalue weighted by Crippen LogP contribution is 2.32. The lowest BCUT2D eigenvalue weighted by atomic mass is 9.94. The molecule has 2 aliphatic rings. The van der Waals surface area contributed by atoms with Gasteiger partial charge in [-0.05, 0) is 44.9 Å². The van der Waals surface area contributed by atoms with Crippen LogP contribution in [0, 0.1) is 5.41 Å². The van der Waals surface area contributed by atoms with Crippen molar-refractivity contribution in [2.24, 2.45) is 4.99 Å². The van der Waals surface area contributed by atoms with E-state index in [0.29, 0.717) is 28.5 Å². The van der Waals surface area contributed by atoms with Crippen molar-refractivity contribution in [2.45, 2.75) is 32.7 Å². The van der Waals surface area contributed by atoms with Gasteiger partial charge in [0.15, 0.2) is 0 Å². The number of para-hydroxylation sites is 2. The Bertz CT molecular complexity index is 1170. The van der Waals surface area contributed by atoms with Crippen molar-refractivity contribution in [2.75, 3.05) is 0 Å². The van der Waals surface area contributed by atoms with Gasteiger partial charge in [-0.25, -0.2) is 19.9 Å². The monoisotopic (exact) mass is 354 g/mol. The van der Waals surface area contributed by atoms with Crippen LogP contribution in [-0.4, -0.2) is 37.4 Å². The third-order valence-corrected chi connectivity index (χ3v) is 4.70. The molecule has 27 heavy (non-hydrogen) atoms. The molecule has 2 heterocycles. The Labute approximate surface area is 156 Å². The molecule has 2 aliphatic carbocycles. The maximum absolute atomic E-state index is 8.75. The molecule has 1 N–H and O–H groups in total. The number of aliphatic imine (C=N–C) groups is 1. The minimum atomic E-state index is 0.0425. The molecule has 6 heteroatoms. The number of nitrogens with one attached hydrogen (secondary N) is 1. The third-order valence-electron chi connectivity index (χ3n) is 4.70. The van der Waals surface area contributed by atoms with Crippen LogP contribution in [0.15, 0.2) is 35.3 Å². The molecule has 5 rings (SSSR count). The minimum Gasteiger partial charge on any atom is -0.296 e. The van der Waals surface area contributed by atoms with Crippen LogP contribution < -0.4 is 0 Å². The molecule has 0 amide bonds. The maximum Gasteiger partial charge on any atom is 0.120 e. The summed E-state index contributed by atoms with van der Waals surface area (Å²) in [5.74, 6) is 0. The SMILES string of the molecule is CC(C)N=C1C(=N)c2nc3ccccc3nc2-c2nc3c(nc21)CCC=C3. The predicted molar refractivity (Wildman–Crippen MR) is 106 cm³/mol. The van der Waals surface area contributed by atoms with Gasteiger partial charge >= 0.3 is 0 Å². The van der Waals surface area contributed by atoms with Crippen LogP contribution in [0.1, 0.15) is 43.0 Å². The average Bonchev–Trinajstić information content (AvgIpc) is 2.68. The normalized spacial score (nSPS) is 16.6. The zero-order valence-electron chi connectivity index (χ0n) is 15.2. The molecule has 6 nitrogen and oxygen atoms in total. The van der Waals surface area contributed by atoms with Crippen LogP contribution in [0.25, 0.3) is 28.5 Å². The fraction of sp³-hybridized carbons (Fsp3) is 0.238. The van der Waals surface area contributed by atoms with Gasteiger partial charge in [-0.3, -0.25) is 10.4 Å². The highest BCUT2D eigenvalue weighted by atomic mass is 15.0. The van der Waals surface area contributed by atoms with Crippen molar-refractivity contribution < 1.29 is 0 Å². The van der Waals surface area contributed by atoms with E-state index in [1.165, 1.54) is 0 Å². The van der Waals surface area contributed by atoms with Crippen molar-refractivity contribution in [3.63, 3.8) is 0 Å². The number of benzene rings is 1. The standard InChI is InChI=1S/C21H18N6/c1-11(2)23-17-16(22)18-20(26-13-8-4-3-7-12(13)24-18)21-19(17)25-14-9-5-6-10-15(14)27-21/h3-4,6-8,10-11,22H,5,9H2,1-2H3. The molecule has 0 fully saturated rings. The lowest BCUT2D eigenvalue weighted by Crippen LogP contribution is -2.28. The van der Waals surface area contributed by atoms with Gasteiger partial charge in [-0.15, -0.1) is 0 Å². The van der Waals surface area contributed by atoms with E-state index in [2.05, 4.69) is 6.08 Å². The van der Waals surface area contributed by atoms with E-state index >= 15 is 0 Å². The van der Waals surface area contributed by atoms with Crippen LogP contribution in [0.2, 0.25) is 0 Å². The highest BCUT2D eigenvalue weighted by Gasteiger charge is 2.33. The number of hydrogen-bond donors (Lipinski definition) is 1. The second-order valence-corrected chi connectivity index (χ2v) is 7.05. The number of hydrogen-bond acceptors (Lipinski definition) is 6. The predicted octanol–water partition coefficient (Wildman–Crippen LogP) is 3.63. The van der Waals surface area contributed by atoms with Gasteiger partial charge in [0, 0.05) is 6.04 Å². The van der Waals surface area contributed by atoms with Crippen LogP contribution in [0.5, 0.6) is 0 Å². The Morgan fingerprint density at radius 2 is 1.63 bits per heavy atom. The Kier molecular flexibility index (Phi) is 3.47. The van der Waals surface area contributed by atoms with Crippen LogP contribution in [-0.2, 0) is 6.42 Å². The lowest BCUT2D eigenvalue weighted by molar-refractivity contribution is 0.834. The summed E-state index contributed by atoms with van der Waals surface area (Å²) in [5, 5.41) is 8.75. The average molecular weight is 354 g/mol. The molecule has 0 atom stereocenters. The highest BCUT2D eigenvalue weighted by molar-refractivity contribution is 6.54.